The summed E-state index contributed by atoms with van der Waals surface area (Å²) < 4.78 is 36.8. The maximum absolute atomic E-state index is 13.4. The van der Waals surface area contributed by atoms with E-state index < -0.39 is 13.6 Å². The first-order valence-electron chi connectivity index (χ1n) is 16.0. The number of esters is 1. The van der Waals surface area contributed by atoms with Crippen LogP contribution in [-0.4, -0.2) is 42.3 Å². The van der Waals surface area contributed by atoms with Gasteiger partial charge in [-0.15, -0.1) is 0 Å². The largest absolute Gasteiger partial charge is 0.481 e. The first-order chi connectivity index (χ1) is 22.0. The normalized spacial score (nSPS) is 21.4. The number of aryl methyl sites for hydroxylation is 2. The van der Waals surface area contributed by atoms with E-state index in [0.717, 1.165) is 39.8 Å². The first kappa shape index (κ1) is 34.2. The Morgan fingerprint density at radius 3 is 2.52 bits per heavy atom. The third kappa shape index (κ3) is 8.03. The van der Waals surface area contributed by atoms with E-state index in [0.29, 0.717) is 55.4 Å². The number of benzene rings is 3. The van der Waals surface area contributed by atoms with Crippen molar-refractivity contribution in [1.29, 1.82) is 0 Å². The van der Waals surface area contributed by atoms with Crippen LogP contribution in [-0.2, 0) is 29.6 Å². The molecule has 1 amide bonds. The summed E-state index contributed by atoms with van der Waals surface area (Å²) in [4.78, 5) is 27.1. The molecule has 10 heteroatoms. The molecule has 0 unspecified atom stereocenters. The summed E-state index contributed by atoms with van der Waals surface area (Å²) in [6.07, 6.45) is 2.49. The van der Waals surface area contributed by atoms with Gasteiger partial charge in [0, 0.05) is 24.4 Å². The zero-order valence-electron chi connectivity index (χ0n) is 27.2. The smallest absolute Gasteiger partial charge is 0.368 e. The number of hydrogen-bond donors (Lipinski definition) is 0. The number of ether oxygens (including phenoxy) is 2. The number of carbonyl (C=O) groups is 2. The standard InChI is InChI=1S/C36H43ClNO7P/c1-6-35(39)38-15-8-11-32(38)36(40)44-34-13-12-26(19-30(34)23(2)3)20-31-24(4)17-29(18-25(31)5)42-22-46(41)43-16-14-33(45-46)27-9-7-10-28(37)21-27/h7,9-10,12-13,17-19,21,23,32-33H,6,8,11,14-16,20,22H2,1-5H3/t32-,33+,46-/m1/s1. The van der Waals surface area contributed by atoms with E-state index in [9.17, 15) is 14.2 Å². The summed E-state index contributed by atoms with van der Waals surface area (Å²) >= 11 is 6.15. The summed E-state index contributed by atoms with van der Waals surface area (Å²) in [5, 5.41) is 0.599. The zero-order valence-corrected chi connectivity index (χ0v) is 28.9. The molecule has 2 aliphatic heterocycles. The van der Waals surface area contributed by atoms with Crippen LogP contribution < -0.4 is 9.47 Å². The molecule has 0 aromatic heterocycles. The van der Waals surface area contributed by atoms with Gasteiger partial charge in [0.2, 0.25) is 5.91 Å². The van der Waals surface area contributed by atoms with E-state index in [1.165, 1.54) is 0 Å². The zero-order chi connectivity index (χ0) is 33.0. The van der Waals surface area contributed by atoms with Gasteiger partial charge in [0.1, 0.15) is 17.5 Å². The van der Waals surface area contributed by atoms with Crippen LogP contribution in [0.4, 0.5) is 0 Å². The maximum Gasteiger partial charge on any atom is 0.368 e. The van der Waals surface area contributed by atoms with E-state index in [4.69, 9.17) is 30.1 Å². The Kier molecular flexibility index (Phi) is 10.9. The third-order valence-corrected chi connectivity index (χ3v) is 10.5. The maximum atomic E-state index is 13.4. The molecule has 246 valence electrons. The van der Waals surface area contributed by atoms with E-state index in [2.05, 4.69) is 19.9 Å². The highest BCUT2D eigenvalue weighted by Gasteiger charge is 2.36. The predicted octanol–water partition coefficient (Wildman–Crippen LogP) is 8.69. The molecule has 0 radical (unpaired) electrons. The van der Waals surface area contributed by atoms with Crippen molar-refractivity contribution in [3.8, 4) is 11.5 Å². The fourth-order valence-electron chi connectivity index (χ4n) is 6.19. The van der Waals surface area contributed by atoms with Gasteiger partial charge < -0.3 is 18.9 Å². The Morgan fingerprint density at radius 2 is 1.83 bits per heavy atom. The van der Waals surface area contributed by atoms with Crippen molar-refractivity contribution < 1.29 is 32.7 Å². The Labute approximate surface area is 276 Å². The molecule has 8 nitrogen and oxygen atoms in total. The quantitative estimate of drug-likeness (QED) is 0.121. The highest BCUT2D eigenvalue weighted by molar-refractivity contribution is 7.53. The topological polar surface area (TPSA) is 91.4 Å². The number of carbonyl (C=O) groups excluding carboxylic acids is 2. The van der Waals surface area contributed by atoms with Crippen molar-refractivity contribution >= 4 is 31.1 Å². The van der Waals surface area contributed by atoms with E-state index in [-0.39, 0.29) is 30.2 Å². The van der Waals surface area contributed by atoms with Gasteiger partial charge in [-0.05, 0) is 103 Å². The average Bonchev–Trinajstić information content (AvgIpc) is 3.52. The molecule has 3 aromatic carbocycles. The molecule has 0 aliphatic carbocycles. The molecule has 0 N–H and O–H groups in total. The van der Waals surface area contributed by atoms with E-state index in [1.54, 1.807) is 11.0 Å². The van der Waals surface area contributed by atoms with Crippen LogP contribution in [0.15, 0.2) is 54.6 Å². The minimum absolute atomic E-state index is 0.0201. The lowest BCUT2D eigenvalue weighted by Gasteiger charge is -2.30. The lowest BCUT2D eigenvalue weighted by atomic mass is 9.93. The highest BCUT2D eigenvalue weighted by atomic mass is 35.5. The molecule has 5 rings (SSSR count). The Morgan fingerprint density at radius 1 is 1.07 bits per heavy atom. The summed E-state index contributed by atoms with van der Waals surface area (Å²) in [5.41, 5.74) is 6.14. The van der Waals surface area contributed by atoms with Gasteiger partial charge in [-0.1, -0.05) is 56.6 Å². The lowest BCUT2D eigenvalue weighted by molar-refractivity contribution is -0.146. The van der Waals surface area contributed by atoms with Crippen LogP contribution in [0.3, 0.4) is 0 Å². The SMILES string of the molecule is CCC(=O)N1CCC[C@@H]1C(=O)Oc1ccc(Cc2c(C)cc(OC[P@@]3(=O)OCC[C@@H](c4cccc(Cl)c4)O3)cc2C)cc1C(C)C. The molecule has 2 saturated heterocycles. The molecule has 3 aromatic rings. The Hall–Kier alpha value is -3.16. The molecule has 46 heavy (non-hydrogen) atoms. The lowest BCUT2D eigenvalue weighted by Crippen LogP contribution is -2.42. The number of likely N-dealkylation sites (tertiary alicyclic amines) is 1. The van der Waals surface area contributed by atoms with E-state index >= 15 is 0 Å². The van der Waals surface area contributed by atoms with Crippen molar-refractivity contribution in [2.75, 3.05) is 19.5 Å². The van der Waals surface area contributed by atoms with Gasteiger partial charge in [-0.2, -0.15) is 0 Å². The third-order valence-electron chi connectivity index (χ3n) is 8.67. The second-order valence-corrected chi connectivity index (χ2v) is 14.8. The average molecular weight is 668 g/mol. The summed E-state index contributed by atoms with van der Waals surface area (Å²) in [6, 6.07) is 16.7. The first-order valence-corrected chi connectivity index (χ1v) is 18.1. The number of halogens is 1. The molecule has 0 spiro atoms. The van der Waals surface area contributed by atoms with Gasteiger partial charge in [0.25, 0.3) is 0 Å². The van der Waals surface area contributed by atoms with Crippen LogP contribution in [0.2, 0.25) is 5.02 Å². The van der Waals surface area contributed by atoms with Crippen molar-refractivity contribution in [1.82, 2.24) is 4.90 Å². The van der Waals surface area contributed by atoms with Crippen molar-refractivity contribution in [2.45, 2.75) is 84.8 Å². The molecule has 2 heterocycles. The number of nitrogens with zero attached hydrogens (tertiary/aromatic N) is 1. The number of rotatable bonds is 10. The minimum atomic E-state index is -3.48. The van der Waals surface area contributed by atoms with Crippen molar-refractivity contribution in [3.05, 3.63) is 93.0 Å². The van der Waals surface area contributed by atoms with Crippen molar-refractivity contribution in [3.63, 3.8) is 0 Å². The Bertz CT molecular complexity index is 1620. The molecule has 2 aliphatic rings. The fourth-order valence-corrected chi connectivity index (χ4v) is 7.89. The van der Waals surface area contributed by atoms with Gasteiger partial charge >= 0.3 is 13.6 Å². The monoisotopic (exact) mass is 667 g/mol. The van der Waals surface area contributed by atoms with Gasteiger partial charge in [-0.25, -0.2) is 4.79 Å². The van der Waals surface area contributed by atoms with Crippen molar-refractivity contribution in [2.24, 2.45) is 0 Å². The van der Waals surface area contributed by atoms with Crippen LogP contribution in [0.1, 0.15) is 91.9 Å². The molecule has 2 fully saturated rings. The van der Waals surface area contributed by atoms with Gasteiger partial charge in [0.05, 0.1) is 12.7 Å². The van der Waals surface area contributed by atoms with Crippen LogP contribution >= 0.6 is 19.2 Å². The highest BCUT2D eigenvalue weighted by Crippen LogP contribution is 2.56. The summed E-state index contributed by atoms with van der Waals surface area (Å²) in [6.45, 7) is 10.9. The van der Waals surface area contributed by atoms with Gasteiger partial charge in [0.15, 0.2) is 6.35 Å². The van der Waals surface area contributed by atoms with Gasteiger partial charge in [-0.3, -0.25) is 13.9 Å². The van der Waals surface area contributed by atoms with E-state index in [1.807, 2.05) is 63.2 Å². The Balaban J connectivity index is 1.25. The molecular weight excluding hydrogens is 625 g/mol. The second-order valence-electron chi connectivity index (χ2n) is 12.4. The fraction of sp³-hybridized carbons (Fsp3) is 0.444. The molecule has 0 bridgehead atoms. The summed E-state index contributed by atoms with van der Waals surface area (Å²) in [5.74, 6) is 0.870. The second kappa shape index (κ2) is 14.7. The molecule has 0 saturated carbocycles. The number of amides is 1. The predicted molar refractivity (Wildman–Crippen MR) is 179 cm³/mol. The molecule has 3 atom stereocenters. The van der Waals surface area contributed by atoms with Crippen LogP contribution in [0, 0.1) is 13.8 Å². The van der Waals surface area contributed by atoms with Crippen LogP contribution in [0.5, 0.6) is 11.5 Å². The summed E-state index contributed by atoms with van der Waals surface area (Å²) in [7, 11) is -3.48. The number of hydrogen-bond acceptors (Lipinski definition) is 7. The van der Waals surface area contributed by atoms with Crippen LogP contribution in [0.25, 0.3) is 0 Å². The minimum Gasteiger partial charge on any atom is -0.481 e. The molecular formula is C36H43ClNO7P.